The van der Waals surface area contributed by atoms with Crippen molar-refractivity contribution >= 4 is 16.4 Å². The fraction of sp³-hybridized carbons (Fsp3) is 0. The number of furan rings is 1. The third kappa shape index (κ3) is 2.27. The summed E-state index contributed by atoms with van der Waals surface area (Å²) in [6, 6.07) is 6.01. The van der Waals surface area contributed by atoms with Gasteiger partial charge in [0, 0.05) is 0 Å². The third-order valence-electron chi connectivity index (χ3n) is 2.27. The van der Waals surface area contributed by atoms with E-state index in [0.29, 0.717) is 6.29 Å². The van der Waals surface area contributed by atoms with Crippen LogP contribution in [0.1, 0.15) is 10.6 Å². The Kier molecular flexibility index (Phi) is 2.93. The summed E-state index contributed by atoms with van der Waals surface area (Å²) < 4.78 is 35.9. The van der Waals surface area contributed by atoms with Gasteiger partial charge in [-0.25, -0.2) is 0 Å². The molecule has 7 heteroatoms. The van der Waals surface area contributed by atoms with E-state index in [4.69, 9.17) is 8.97 Å². The standard InChI is InChI=1S/C11H8O6S/c12-6-7-1-4-11(17-7)9-5-8(18(14,15)16)2-3-10(9)13/h1-6,13H,(H,14,15,16). The fourth-order valence-corrected chi connectivity index (χ4v) is 1.94. The molecule has 1 heterocycles. The molecule has 2 rings (SSSR count). The van der Waals surface area contributed by atoms with Gasteiger partial charge in [-0.15, -0.1) is 0 Å². The van der Waals surface area contributed by atoms with Crippen LogP contribution in [0.3, 0.4) is 0 Å². The van der Waals surface area contributed by atoms with Crippen molar-refractivity contribution in [1.82, 2.24) is 0 Å². The summed E-state index contributed by atoms with van der Waals surface area (Å²) in [6.07, 6.45) is 0.479. The molecule has 6 nitrogen and oxygen atoms in total. The van der Waals surface area contributed by atoms with E-state index in [1.165, 1.54) is 12.1 Å². The van der Waals surface area contributed by atoms with Gasteiger partial charge < -0.3 is 9.52 Å². The van der Waals surface area contributed by atoms with E-state index in [1.54, 1.807) is 0 Å². The number of hydrogen-bond donors (Lipinski definition) is 2. The second kappa shape index (κ2) is 4.28. The van der Waals surface area contributed by atoms with Gasteiger partial charge in [0.15, 0.2) is 12.0 Å². The number of phenols is 1. The molecule has 0 saturated heterocycles. The molecule has 0 aliphatic rings. The first-order chi connectivity index (χ1) is 8.41. The van der Waals surface area contributed by atoms with E-state index in [0.717, 1.165) is 18.2 Å². The molecule has 2 N–H and O–H groups in total. The second-order valence-corrected chi connectivity index (χ2v) is 4.90. The van der Waals surface area contributed by atoms with Gasteiger partial charge in [-0.3, -0.25) is 9.35 Å². The summed E-state index contributed by atoms with van der Waals surface area (Å²) in [7, 11) is -4.37. The predicted octanol–water partition coefficient (Wildman–Crippen LogP) is 1.71. The molecule has 0 bridgehead atoms. The van der Waals surface area contributed by atoms with Crippen molar-refractivity contribution in [3.05, 3.63) is 36.1 Å². The van der Waals surface area contributed by atoms with Crippen molar-refractivity contribution in [2.75, 3.05) is 0 Å². The van der Waals surface area contributed by atoms with Crippen molar-refractivity contribution in [3.63, 3.8) is 0 Å². The summed E-state index contributed by atoms with van der Waals surface area (Å²) >= 11 is 0. The molecule has 18 heavy (non-hydrogen) atoms. The molecule has 0 atom stereocenters. The van der Waals surface area contributed by atoms with Crippen LogP contribution in [0.4, 0.5) is 0 Å². The van der Waals surface area contributed by atoms with Crippen LogP contribution >= 0.6 is 0 Å². The number of carbonyl (C=O) groups is 1. The van der Waals surface area contributed by atoms with Gasteiger partial charge in [0.25, 0.3) is 10.1 Å². The molecule has 0 radical (unpaired) electrons. The molecule has 1 aromatic carbocycles. The maximum absolute atomic E-state index is 11.0. The minimum Gasteiger partial charge on any atom is -0.507 e. The van der Waals surface area contributed by atoms with Gasteiger partial charge in [0.05, 0.1) is 10.5 Å². The van der Waals surface area contributed by atoms with Crippen molar-refractivity contribution in [3.8, 4) is 17.1 Å². The molecule has 1 aromatic heterocycles. The first-order valence-corrected chi connectivity index (χ1v) is 6.22. The number of carbonyl (C=O) groups excluding carboxylic acids is 1. The molecule has 0 fully saturated rings. The summed E-state index contributed by atoms with van der Waals surface area (Å²) in [5.74, 6) is -0.0593. The van der Waals surface area contributed by atoms with Crippen molar-refractivity contribution in [1.29, 1.82) is 0 Å². The van der Waals surface area contributed by atoms with Gasteiger partial charge in [-0.05, 0) is 30.3 Å². The van der Waals surface area contributed by atoms with Crippen molar-refractivity contribution in [2.24, 2.45) is 0 Å². The molecule has 0 unspecified atom stereocenters. The molecular formula is C11H8O6S. The van der Waals surface area contributed by atoms with Gasteiger partial charge >= 0.3 is 0 Å². The zero-order valence-corrected chi connectivity index (χ0v) is 9.72. The van der Waals surface area contributed by atoms with Crippen LogP contribution in [0.25, 0.3) is 11.3 Å². The number of aldehydes is 1. The number of aromatic hydroxyl groups is 1. The third-order valence-corrected chi connectivity index (χ3v) is 3.12. The molecule has 0 amide bonds. The summed E-state index contributed by atoms with van der Waals surface area (Å²) in [5.41, 5.74) is 0.0678. The predicted molar refractivity (Wildman–Crippen MR) is 61.0 cm³/mol. The van der Waals surface area contributed by atoms with Crippen LogP contribution in [0.2, 0.25) is 0 Å². The summed E-state index contributed by atoms with van der Waals surface area (Å²) in [4.78, 5) is 10.1. The van der Waals surface area contributed by atoms with E-state index in [1.807, 2.05) is 0 Å². The lowest BCUT2D eigenvalue weighted by Gasteiger charge is -2.03. The molecule has 0 spiro atoms. The Morgan fingerprint density at radius 2 is 1.89 bits per heavy atom. The Morgan fingerprint density at radius 3 is 2.44 bits per heavy atom. The Morgan fingerprint density at radius 1 is 1.17 bits per heavy atom. The van der Waals surface area contributed by atoms with Crippen molar-refractivity contribution < 1.29 is 27.3 Å². The van der Waals surface area contributed by atoms with E-state index in [9.17, 15) is 18.3 Å². The average molecular weight is 268 g/mol. The van der Waals surface area contributed by atoms with Crippen LogP contribution in [-0.2, 0) is 10.1 Å². The topological polar surface area (TPSA) is 105 Å². The van der Waals surface area contributed by atoms with Crippen LogP contribution in [0.5, 0.6) is 5.75 Å². The normalized spacial score (nSPS) is 11.4. The zero-order valence-electron chi connectivity index (χ0n) is 8.90. The molecule has 94 valence electrons. The highest BCUT2D eigenvalue weighted by Crippen LogP contribution is 2.32. The number of benzene rings is 1. The zero-order chi connectivity index (χ0) is 13.3. The molecule has 0 aliphatic carbocycles. The maximum atomic E-state index is 11.0. The number of phenolic OH excluding ortho intramolecular Hbond substituents is 1. The van der Waals surface area contributed by atoms with E-state index in [2.05, 4.69) is 0 Å². The van der Waals surface area contributed by atoms with Gasteiger partial charge in [0.1, 0.15) is 11.5 Å². The highest BCUT2D eigenvalue weighted by molar-refractivity contribution is 7.85. The van der Waals surface area contributed by atoms with Gasteiger partial charge in [0.2, 0.25) is 0 Å². The lowest BCUT2D eigenvalue weighted by Crippen LogP contribution is -1.97. The maximum Gasteiger partial charge on any atom is 0.294 e. The molecule has 0 aliphatic heterocycles. The van der Waals surface area contributed by atoms with Crippen LogP contribution in [-0.4, -0.2) is 24.4 Å². The lowest BCUT2D eigenvalue weighted by molar-refractivity contribution is 0.110. The highest BCUT2D eigenvalue weighted by Gasteiger charge is 2.15. The minimum absolute atomic E-state index is 0.0432. The fourth-order valence-electron chi connectivity index (χ4n) is 1.43. The van der Waals surface area contributed by atoms with E-state index in [-0.39, 0.29) is 27.7 Å². The van der Waals surface area contributed by atoms with Crippen LogP contribution in [0, 0.1) is 0 Å². The van der Waals surface area contributed by atoms with Gasteiger partial charge in [-0.1, -0.05) is 0 Å². The molecule has 2 aromatic rings. The number of rotatable bonds is 3. The highest BCUT2D eigenvalue weighted by atomic mass is 32.2. The Bertz CT molecular complexity index is 698. The smallest absolute Gasteiger partial charge is 0.294 e. The average Bonchev–Trinajstić information content (AvgIpc) is 2.76. The molecule has 0 saturated carbocycles. The van der Waals surface area contributed by atoms with Crippen LogP contribution in [0.15, 0.2) is 39.6 Å². The second-order valence-electron chi connectivity index (χ2n) is 3.47. The Labute approximate surface area is 102 Å². The summed E-state index contributed by atoms with van der Waals surface area (Å²) in [6.45, 7) is 0. The number of hydrogen-bond acceptors (Lipinski definition) is 5. The van der Waals surface area contributed by atoms with E-state index < -0.39 is 10.1 Å². The first kappa shape index (κ1) is 12.3. The monoisotopic (exact) mass is 268 g/mol. The SMILES string of the molecule is O=Cc1ccc(-c2cc(S(=O)(=O)O)ccc2O)o1. The minimum atomic E-state index is -4.37. The van der Waals surface area contributed by atoms with Gasteiger partial charge in [-0.2, -0.15) is 8.42 Å². The largest absolute Gasteiger partial charge is 0.507 e. The van der Waals surface area contributed by atoms with Crippen molar-refractivity contribution in [2.45, 2.75) is 4.90 Å². The lowest BCUT2D eigenvalue weighted by atomic mass is 10.1. The first-order valence-electron chi connectivity index (χ1n) is 4.77. The quantitative estimate of drug-likeness (QED) is 0.648. The van der Waals surface area contributed by atoms with E-state index >= 15 is 0 Å². The Balaban J connectivity index is 2.59. The Hall–Kier alpha value is -2.12. The van der Waals surface area contributed by atoms with Crippen LogP contribution < -0.4 is 0 Å². The molecular weight excluding hydrogens is 260 g/mol. The summed E-state index contributed by atoms with van der Waals surface area (Å²) in [5, 5.41) is 9.61.